The molecule has 0 unspecified atom stereocenters. The number of nitrogen functional groups attached to an aromatic ring is 1. The molecule has 0 bridgehead atoms. The fraction of sp³-hybridized carbons (Fsp3) is 0.250. The lowest BCUT2D eigenvalue weighted by molar-refractivity contribution is 0.0693. The Labute approximate surface area is 74.4 Å². The molecule has 0 aromatic carbocycles. The first-order valence-corrected chi connectivity index (χ1v) is 3.66. The number of aromatic nitrogens is 1. The number of aromatic carboxylic acids is 1. The number of carboxylic acids is 1. The van der Waals surface area contributed by atoms with Gasteiger partial charge in [-0.3, -0.25) is 4.79 Å². The number of pyridine rings is 1. The van der Waals surface area contributed by atoms with E-state index in [1.807, 2.05) is 0 Å². The Kier molecular flexibility index (Phi) is 2.10. The first kappa shape index (κ1) is 9.31. The van der Waals surface area contributed by atoms with Gasteiger partial charge in [-0.05, 0) is 25.5 Å². The quantitative estimate of drug-likeness (QED) is 0.593. The predicted molar refractivity (Wildman–Crippen MR) is 47.3 cm³/mol. The summed E-state index contributed by atoms with van der Waals surface area (Å²) in [6.45, 7) is 3.21. The van der Waals surface area contributed by atoms with Gasteiger partial charge in [-0.25, -0.2) is 9.47 Å². The van der Waals surface area contributed by atoms with Gasteiger partial charge in [0.2, 0.25) is 0 Å². The predicted octanol–water partition coefficient (Wildman–Crippen LogP) is -0.123. The maximum atomic E-state index is 11.3. The zero-order valence-electron chi connectivity index (χ0n) is 7.37. The molecule has 5 heteroatoms. The van der Waals surface area contributed by atoms with Crippen molar-refractivity contribution in [2.45, 2.75) is 13.8 Å². The van der Waals surface area contributed by atoms with Crippen molar-refractivity contribution < 1.29 is 9.90 Å². The monoisotopic (exact) mass is 182 g/mol. The van der Waals surface area contributed by atoms with Crippen molar-refractivity contribution >= 4 is 5.97 Å². The fourth-order valence-electron chi connectivity index (χ4n) is 1.16. The molecule has 0 radical (unpaired) electrons. The van der Waals surface area contributed by atoms with Crippen molar-refractivity contribution in [2.75, 3.05) is 5.84 Å². The smallest absolute Gasteiger partial charge is 0.341 e. The van der Waals surface area contributed by atoms with Crippen LogP contribution in [-0.4, -0.2) is 15.8 Å². The van der Waals surface area contributed by atoms with Crippen LogP contribution in [0.25, 0.3) is 0 Å². The first-order valence-electron chi connectivity index (χ1n) is 3.66. The van der Waals surface area contributed by atoms with Crippen molar-refractivity contribution in [1.82, 2.24) is 4.68 Å². The van der Waals surface area contributed by atoms with E-state index in [0.29, 0.717) is 11.3 Å². The largest absolute Gasteiger partial charge is 0.477 e. The van der Waals surface area contributed by atoms with E-state index in [1.165, 1.54) is 0 Å². The van der Waals surface area contributed by atoms with E-state index in [9.17, 15) is 9.59 Å². The minimum atomic E-state index is -1.25. The van der Waals surface area contributed by atoms with E-state index in [-0.39, 0.29) is 5.56 Å². The highest BCUT2D eigenvalue weighted by atomic mass is 16.4. The normalized spacial score (nSPS) is 10.0. The minimum Gasteiger partial charge on any atom is -0.477 e. The summed E-state index contributed by atoms with van der Waals surface area (Å²) in [5.74, 6) is 4.08. The van der Waals surface area contributed by atoms with E-state index in [4.69, 9.17) is 10.9 Å². The van der Waals surface area contributed by atoms with Crippen LogP contribution in [0.1, 0.15) is 21.6 Å². The molecule has 3 N–H and O–H groups in total. The number of nitrogens with zero attached hydrogens (tertiary/aromatic N) is 1. The summed E-state index contributed by atoms with van der Waals surface area (Å²) in [4.78, 5) is 21.9. The summed E-state index contributed by atoms with van der Waals surface area (Å²) in [5.41, 5.74) is 0.0160. The van der Waals surface area contributed by atoms with Gasteiger partial charge >= 0.3 is 5.97 Å². The Hall–Kier alpha value is -1.78. The van der Waals surface area contributed by atoms with Gasteiger partial charge in [0.25, 0.3) is 5.56 Å². The molecule has 0 atom stereocenters. The van der Waals surface area contributed by atoms with Crippen molar-refractivity contribution in [2.24, 2.45) is 0 Å². The van der Waals surface area contributed by atoms with Gasteiger partial charge in [0.05, 0.1) is 0 Å². The van der Waals surface area contributed by atoms with Crippen LogP contribution in [0.2, 0.25) is 0 Å². The molecule has 1 heterocycles. The Bertz CT molecular complexity index is 420. The number of hydrogen-bond donors (Lipinski definition) is 2. The molecular weight excluding hydrogens is 172 g/mol. The zero-order valence-corrected chi connectivity index (χ0v) is 7.37. The third-order valence-electron chi connectivity index (χ3n) is 1.85. The molecule has 13 heavy (non-hydrogen) atoms. The minimum absolute atomic E-state index is 0.270. The number of rotatable bonds is 1. The number of hydrogen-bond acceptors (Lipinski definition) is 3. The van der Waals surface area contributed by atoms with E-state index >= 15 is 0 Å². The van der Waals surface area contributed by atoms with Gasteiger partial charge in [-0.1, -0.05) is 0 Å². The maximum absolute atomic E-state index is 11.3. The number of carboxylic acid groups (broad SMARTS) is 1. The summed E-state index contributed by atoms with van der Waals surface area (Å²) < 4.78 is 0.830. The zero-order chi connectivity index (χ0) is 10.2. The molecule has 1 rings (SSSR count). The molecule has 1 aromatic rings. The number of aryl methyl sites for hydroxylation is 2. The lowest BCUT2D eigenvalue weighted by Gasteiger charge is -2.06. The summed E-state index contributed by atoms with van der Waals surface area (Å²) in [7, 11) is 0. The average molecular weight is 182 g/mol. The molecule has 70 valence electrons. The van der Waals surface area contributed by atoms with Crippen LogP contribution in [0.15, 0.2) is 10.9 Å². The number of carbonyl (C=O) groups is 1. The highest BCUT2D eigenvalue weighted by Gasteiger charge is 2.14. The topological polar surface area (TPSA) is 85.3 Å². The lowest BCUT2D eigenvalue weighted by Crippen LogP contribution is -2.34. The molecule has 0 amide bonds. The van der Waals surface area contributed by atoms with E-state index < -0.39 is 11.5 Å². The van der Waals surface area contributed by atoms with Crippen LogP contribution < -0.4 is 11.4 Å². The van der Waals surface area contributed by atoms with Crippen molar-refractivity contribution in [3.8, 4) is 0 Å². The van der Waals surface area contributed by atoms with Crippen molar-refractivity contribution in [1.29, 1.82) is 0 Å². The van der Waals surface area contributed by atoms with Gasteiger partial charge in [-0.15, -0.1) is 0 Å². The van der Waals surface area contributed by atoms with E-state index in [0.717, 1.165) is 4.68 Å². The lowest BCUT2D eigenvalue weighted by atomic mass is 10.1. The molecule has 5 nitrogen and oxygen atoms in total. The molecule has 1 aromatic heterocycles. The molecule has 0 saturated heterocycles. The molecule has 0 fully saturated rings. The summed E-state index contributed by atoms with van der Waals surface area (Å²) >= 11 is 0. The highest BCUT2D eigenvalue weighted by molar-refractivity contribution is 5.88. The summed E-state index contributed by atoms with van der Waals surface area (Å²) in [6, 6.07) is 1.56. The van der Waals surface area contributed by atoms with Crippen LogP contribution >= 0.6 is 0 Å². The van der Waals surface area contributed by atoms with Gasteiger partial charge in [0.1, 0.15) is 5.56 Å². The van der Waals surface area contributed by atoms with Crippen LogP contribution in [0, 0.1) is 13.8 Å². The average Bonchev–Trinajstić information content (AvgIpc) is 1.99. The van der Waals surface area contributed by atoms with Crippen LogP contribution in [0.5, 0.6) is 0 Å². The van der Waals surface area contributed by atoms with Crippen molar-refractivity contribution in [3.05, 3.63) is 33.2 Å². The van der Waals surface area contributed by atoms with Gasteiger partial charge in [0, 0.05) is 5.69 Å². The molecule has 0 saturated carbocycles. The summed E-state index contributed by atoms with van der Waals surface area (Å²) in [5, 5.41) is 8.69. The third kappa shape index (κ3) is 1.40. The van der Waals surface area contributed by atoms with Gasteiger partial charge < -0.3 is 10.9 Å². The third-order valence-corrected chi connectivity index (χ3v) is 1.85. The maximum Gasteiger partial charge on any atom is 0.341 e. The Morgan fingerprint density at radius 3 is 2.54 bits per heavy atom. The summed E-state index contributed by atoms with van der Waals surface area (Å²) in [6.07, 6.45) is 0. The standard InChI is InChI=1S/C8H10N2O3/c1-4-3-5(2)10(9)7(11)6(4)8(12)13/h3H,9H2,1-2H3,(H,12,13). The Morgan fingerprint density at radius 2 is 2.08 bits per heavy atom. The van der Waals surface area contributed by atoms with Crippen LogP contribution in [-0.2, 0) is 0 Å². The van der Waals surface area contributed by atoms with Gasteiger partial charge in [0.15, 0.2) is 0 Å². The molecule has 0 aliphatic rings. The second-order valence-corrected chi connectivity index (χ2v) is 2.82. The molecular formula is C8H10N2O3. The van der Waals surface area contributed by atoms with E-state index in [1.54, 1.807) is 19.9 Å². The second-order valence-electron chi connectivity index (χ2n) is 2.82. The van der Waals surface area contributed by atoms with E-state index in [2.05, 4.69) is 0 Å². The highest BCUT2D eigenvalue weighted by Crippen LogP contribution is 2.03. The van der Waals surface area contributed by atoms with Crippen LogP contribution in [0.4, 0.5) is 0 Å². The number of nitrogens with two attached hydrogens (primary N) is 1. The molecule has 0 aliphatic heterocycles. The SMILES string of the molecule is Cc1cc(C)n(N)c(=O)c1C(=O)O. The van der Waals surface area contributed by atoms with Crippen molar-refractivity contribution in [3.63, 3.8) is 0 Å². The first-order chi connectivity index (χ1) is 5.95. The van der Waals surface area contributed by atoms with Crippen LogP contribution in [0.3, 0.4) is 0 Å². The molecule has 0 spiro atoms. The Balaban J connectivity index is 3.63. The fourth-order valence-corrected chi connectivity index (χ4v) is 1.16. The molecule has 0 aliphatic carbocycles. The Morgan fingerprint density at radius 1 is 1.54 bits per heavy atom. The second kappa shape index (κ2) is 2.93. The van der Waals surface area contributed by atoms with Gasteiger partial charge in [-0.2, -0.15) is 0 Å².